The molecule has 18 atom stereocenters. The van der Waals surface area contributed by atoms with Gasteiger partial charge < -0.3 is 156 Å². The number of nitrogens with zero attached hydrogens (tertiary/aromatic N) is 1. The fourth-order valence-corrected chi connectivity index (χ4v) is 15.9. The number of nitrogens with one attached hydrogen (secondary N) is 10. The molecule has 16 unspecified atom stereocenters. The van der Waals surface area contributed by atoms with E-state index in [0.717, 1.165) is 51.4 Å². The molecule has 11 amide bonds. The first-order valence-corrected chi connectivity index (χ1v) is 47.0. The number of carbonyl (C=O) groups excluding carboxylic acids is 11. The summed E-state index contributed by atoms with van der Waals surface area (Å²) in [5.74, 6) is -3.43. The zero-order valence-corrected chi connectivity index (χ0v) is 76.1. The average Bonchev–Trinajstić information content (AvgIpc) is 1.64. The van der Waals surface area contributed by atoms with Crippen LogP contribution < -0.4 is 53.2 Å². The van der Waals surface area contributed by atoms with Gasteiger partial charge in [0.2, 0.25) is 65.0 Å². The van der Waals surface area contributed by atoms with Gasteiger partial charge in [-0.3, -0.25) is 57.3 Å². The van der Waals surface area contributed by atoms with Gasteiger partial charge in [0.1, 0.15) is 78.6 Å². The summed E-state index contributed by atoms with van der Waals surface area (Å²) in [6.07, 6.45) is -4.80. The fraction of sp³-hybridized carbons (Fsp3) is 0.867. The molecule has 44 heteroatoms. The predicted octanol–water partition coefficient (Wildman–Crippen LogP) is -2.28. The Kier molecular flexibility index (Phi) is 56.6. The van der Waals surface area contributed by atoms with Gasteiger partial charge in [-0.2, -0.15) is 0 Å². The minimum Gasteiger partial charge on any atom is -0.394 e. The van der Waals surface area contributed by atoms with Crippen LogP contribution in [-0.4, -0.2) is 364 Å². The van der Waals surface area contributed by atoms with Crippen LogP contribution in [0.5, 0.6) is 0 Å². The normalized spacial score (nSPS) is 25.1. The van der Waals surface area contributed by atoms with Gasteiger partial charge in [0.05, 0.1) is 78.2 Å². The second kappa shape index (κ2) is 63.6. The second-order valence-corrected chi connectivity index (χ2v) is 35.3. The number of aliphatic hydroxyl groups is 9. The Morgan fingerprint density at radius 3 is 1.02 bits per heavy atom. The van der Waals surface area contributed by atoms with Gasteiger partial charge in [-0.15, -0.1) is 0 Å². The molecular weight excluding hydrogens is 1690 g/mol. The summed E-state index contributed by atoms with van der Waals surface area (Å²) in [6.45, 7) is 10.1. The quantitative estimate of drug-likeness (QED) is 0.0225. The van der Waals surface area contributed by atoms with Crippen molar-refractivity contribution in [2.75, 3.05) is 138 Å². The molecule has 4 aliphatic rings. The van der Waals surface area contributed by atoms with E-state index in [1.807, 2.05) is 4.90 Å². The van der Waals surface area contributed by atoms with Crippen LogP contribution in [0.25, 0.3) is 0 Å². The second-order valence-electron chi connectivity index (χ2n) is 33.3. The number of amides is 11. The van der Waals surface area contributed by atoms with Crippen molar-refractivity contribution in [2.45, 2.75) is 318 Å². The van der Waals surface area contributed by atoms with Crippen molar-refractivity contribution in [2.24, 2.45) is 5.92 Å². The Morgan fingerprint density at radius 2 is 0.709 bits per heavy atom. The average molecular weight is 1850 g/mol. The SMILES string of the molecule is CC(=O)NC1C(OCCCCC(=O)NCCCNC(=O)CCOCC(COCCC(=O)NCCCNC(=O)CCCCOC2OC(CO)C(O)C(O)C2NC(C)=O)(COCCC(=O)NCCCNC(=O)CCCCOC2OC(CO)C(O)C(O)C2NC(C)=O)NC(=O)CCCCCCCCCCC(=O)N2C[C@H](C)C[C@H]2COP(C)(=O)OC(C)C)OC(CO)C(O)C1O. The molecule has 4 heterocycles. The van der Waals surface area contributed by atoms with E-state index in [1.165, 1.54) is 27.4 Å². The van der Waals surface area contributed by atoms with E-state index < -0.39 is 143 Å². The third-order valence-corrected chi connectivity index (χ3v) is 22.8. The topological polar surface area (TPSA) is 612 Å². The van der Waals surface area contributed by atoms with Crippen molar-refractivity contribution in [3.05, 3.63) is 0 Å². The summed E-state index contributed by atoms with van der Waals surface area (Å²) >= 11 is 0. The molecule has 0 radical (unpaired) electrons. The Bertz CT molecular complexity index is 3030. The molecule has 734 valence electrons. The van der Waals surface area contributed by atoms with Crippen molar-refractivity contribution >= 4 is 72.6 Å². The largest absolute Gasteiger partial charge is 0.394 e. The molecule has 4 saturated heterocycles. The van der Waals surface area contributed by atoms with Gasteiger partial charge in [0.15, 0.2) is 18.9 Å². The third-order valence-electron chi connectivity index (χ3n) is 21.3. The van der Waals surface area contributed by atoms with Crippen LogP contribution in [0.1, 0.15) is 208 Å². The molecule has 0 aromatic carbocycles. The first-order chi connectivity index (χ1) is 60.6. The number of hydrogen-bond donors (Lipinski definition) is 19. The first kappa shape index (κ1) is 113. The van der Waals surface area contributed by atoms with E-state index >= 15 is 0 Å². The van der Waals surface area contributed by atoms with E-state index in [0.29, 0.717) is 77.2 Å². The van der Waals surface area contributed by atoms with Crippen LogP contribution in [0.2, 0.25) is 0 Å². The molecular formula is C83H150N11O32P. The summed E-state index contributed by atoms with van der Waals surface area (Å²) < 4.78 is 76.3. The molecule has 19 N–H and O–H groups in total. The summed E-state index contributed by atoms with van der Waals surface area (Å²) in [5.41, 5.74) is -1.44. The summed E-state index contributed by atoms with van der Waals surface area (Å²) in [5, 5.41) is 119. The van der Waals surface area contributed by atoms with Crippen LogP contribution in [0.15, 0.2) is 0 Å². The summed E-state index contributed by atoms with van der Waals surface area (Å²) in [6, 6.07) is -3.48. The lowest BCUT2D eigenvalue weighted by Gasteiger charge is -2.42. The van der Waals surface area contributed by atoms with Gasteiger partial charge in [0.25, 0.3) is 0 Å². The molecule has 0 bridgehead atoms. The number of carbonyl (C=O) groups is 11. The maximum absolute atomic E-state index is 14.1. The summed E-state index contributed by atoms with van der Waals surface area (Å²) in [7, 11) is -3.27. The van der Waals surface area contributed by atoms with E-state index in [9.17, 15) is 103 Å². The van der Waals surface area contributed by atoms with Crippen LogP contribution in [0.3, 0.4) is 0 Å². The van der Waals surface area contributed by atoms with E-state index in [2.05, 4.69) is 60.1 Å². The first-order valence-electron chi connectivity index (χ1n) is 45.0. The molecule has 4 rings (SSSR count). The van der Waals surface area contributed by atoms with Gasteiger partial charge >= 0.3 is 7.60 Å². The highest BCUT2D eigenvalue weighted by Gasteiger charge is 2.48. The number of aliphatic hydroxyl groups excluding tert-OH is 9. The molecule has 4 fully saturated rings. The predicted molar refractivity (Wildman–Crippen MR) is 456 cm³/mol. The highest BCUT2D eigenvalue weighted by molar-refractivity contribution is 7.53. The lowest BCUT2D eigenvalue weighted by Crippen LogP contribution is -2.64. The number of hydrogen-bond acceptors (Lipinski definition) is 32. The molecule has 0 aromatic rings. The van der Waals surface area contributed by atoms with Gasteiger partial charge in [-0.05, 0) is 96.8 Å². The number of likely N-dealkylation sites (tertiary alicyclic amines) is 1. The van der Waals surface area contributed by atoms with Crippen molar-refractivity contribution in [1.82, 2.24) is 58.1 Å². The van der Waals surface area contributed by atoms with Gasteiger partial charge in [-0.25, -0.2) is 0 Å². The zero-order valence-electron chi connectivity index (χ0n) is 75.2. The van der Waals surface area contributed by atoms with Crippen molar-refractivity contribution in [1.29, 1.82) is 0 Å². The minimum atomic E-state index is -3.27. The highest BCUT2D eigenvalue weighted by Crippen LogP contribution is 2.46. The van der Waals surface area contributed by atoms with E-state index in [4.69, 9.17) is 51.7 Å². The number of unbranched alkanes of at least 4 members (excludes halogenated alkanes) is 10. The highest BCUT2D eigenvalue weighted by atomic mass is 31.2. The monoisotopic (exact) mass is 1840 g/mol. The Morgan fingerprint density at radius 1 is 0.409 bits per heavy atom. The molecule has 43 nitrogen and oxygen atoms in total. The van der Waals surface area contributed by atoms with Crippen molar-refractivity contribution in [3.8, 4) is 0 Å². The molecule has 0 aromatic heterocycles. The van der Waals surface area contributed by atoms with Crippen LogP contribution >= 0.6 is 7.60 Å². The third kappa shape index (κ3) is 46.5. The van der Waals surface area contributed by atoms with Crippen LogP contribution in [0.4, 0.5) is 0 Å². The maximum Gasteiger partial charge on any atom is 0.327 e. The zero-order chi connectivity index (χ0) is 93.7. The molecule has 0 aliphatic carbocycles. The number of ether oxygens (including phenoxy) is 9. The lowest BCUT2D eigenvalue weighted by molar-refractivity contribution is -0.270. The van der Waals surface area contributed by atoms with E-state index in [1.54, 1.807) is 13.8 Å². The Balaban J connectivity index is 1.32. The van der Waals surface area contributed by atoms with Crippen molar-refractivity contribution < 1.29 is 155 Å². The van der Waals surface area contributed by atoms with Crippen molar-refractivity contribution in [3.63, 3.8) is 0 Å². The lowest BCUT2D eigenvalue weighted by atomic mass is 9.97. The summed E-state index contributed by atoms with van der Waals surface area (Å²) in [4.78, 5) is 142. The standard InChI is InChI=1S/C83H150N11O32P/c1-54(2)126-127(7,115)122-50-59-45-55(3)46-94(59)70(108)29-15-13-11-9-8-10-12-14-28-69(107)93-83(51-116-42-30-66(104)87-36-22-33-84-63(101)25-16-19-39-119-80-71(90-56(4)98)77(112)74(109)60(47-95)123-80,52-117-43-31-67(105)88-37-23-34-85-64(102)26-17-20-40-120-81-72(91-57(5)99)78(113)75(110)61(48-96)124-81)53-118-44-32-68(106)89-38-24-35-86-65(103)27-18-21-41-121-82-73(92-58(6)100)79(114)76(111)62(49-97)125-82/h54-55,59-62,71-82,95-97,109-114H,8-53H2,1-7H3,(H,84,101)(H,85,102)(H,86,103)(H,87,104)(H,88,105)(H,89,106)(H,90,98)(H,91,99)(H,92,100)(H,93,107)/t55-,59+,60?,61?,62?,71?,72?,73?,74?,75?,76?,77?,78?,79?,80?,81?,82?,83?,127?/m1/s1. The number of rotatable bonds is 68. The Hall–Kier alpha value is -6.40. The van der Waals surface area contributed by atoms with Crippen LogP contribution in [0, 0.1) is 5.92 Å². The maximum atomic E-state index is 14.1. The minimum absolute atomic E-state index is 0.0476. The molecule has 127 heavy (non-hydrogen) atoms. The van der Waals surface area contributed by atoms with Gasteiger partial charge in [-0.1, -0.05) is 45.4 Å². The fourth-order valence-electron chi connectivity index (χ4n) is 14.7. The molecule has 0 spiro atoms. The smallest absolute Gasteiger partial charge is 0.327 e. The molecule has 0 saturated carbocycles. The molecule has 4 aliphatic heterocycles. The van der Waals surface area contributed by atoms with E-state index in [-0.39, 0.29) is 216 Å². The van der Waals surface area contributed by atoms with Crippen LogP contribution in [-0.2, 0) is 109 Å². The Labute approximate surface area is 745 Å². The van der Waals surface area contributed by atoms with Gasteiger partial charge in [0, 0.05) is 144 Å².